The molecule has 0 aliphatic heterocycles. The van der Waals surface area contributed by atoms with E-state index in [1.165, 1.54) is 0 Å². The molecule has 0 bridgehead atoms. The van der Waals surface area contributed by atoms with E-state index in [1.807, 2.05) is 6.07 Å². The minimum absolute atomic E-state index is 0.156. The van der Waals surface area contributed by atoms with Crippen molar-refractivity contribution in [3.05, 3.63) is 61.6 Å². The Balaban J connectivity index is 2.05. The first-order chi connectivity index (χ1) is 9.95. The van der Waals surface area contributed by atoms with Gasteiger partial charge >= 0.3 is 0 Å². The summed E-state index contributed by atoms with van der Waals surface area (Å²) >= 11 is 19.1. The zero-order valence-electron chi connectivity index (χ0n) is 10.5. The van der Waals surface area contributed by atoms with Crippen molar-refractivity contribution >= 4 is 74.7 Å². The van der Waals surface area contributed by atoms with E-state index in [2.05, 4.69) is 33.2 Å². The minimum atomic E-state index is -0.288. The summed E-state index contributed by atoms with van der Waals surface area (Å²) < 4.78 is 0.969. The van der Waals surface area contributed by atoms with Crippen LogP contribution in [-0.4, -0.2) is 11.0 Å². The fourth-order valence-corrected chi connectivity index (χ4v) is 2.63. The molecule has 2 N–H and O–H groups in total. The maximum atomic E-state index is 12.0. The molecule has 2 aromatic carbocycles. The Morgan fingerprint density at radius 2 is 1.90 bits per heavy atom. The highest BCUT2D eigenvalue weighted by Gasteiger charge is 2.09. The number of carbonyl (C=O) groups excluding carboxylic acids is 1. The van der Waals surface area contributed by atoms with Gasteiger partial charge in [-0.1, -0.05) is 29.3 Å². The zero-order valence-corrected chi connectivity index (χ0v) is 15.0. The maximum absolute atomic E-state index is 12.0. The van der Waals surface area contributed by atoms with Crippen molar-refractivity contribution < 1.29 is 4.79 Å². The fraction of sp³-hybridized carbons (Fsp3) is 0. The number of amides is 1. The van der Waals surface area contributed by atoms with E-state index < -0.39 is 0 Å². The number of nitrogens with one attached hydrogen (secondary N) is 2. The molecule has 0 spiro atoms. The number of halogens is 3. The molecule has 1 amide bonds. The lowest BCUT2D eigenvalue weighted by atomic mass is 10.2. The Kier molecular flexibility index (Phi) is 5.80. The van der Waals surface area contributed by atoms with E-state index in [0.717, 1.165) is 3.57 Å². The second-order valence-electron chi connectivity index (χ2n) is 4.04. The molecule has 2 rings (SSSR count). The topological polar surface area (TPSA) is 41.1 Å². The van der Waals surface area contributed by atoms with E-state index in [-0.39, 0.29) is 11.0 Å². The van der Waals surface area contributed by atoms with Crippen molar-refractivity contribution in [1.29, 1.82) is 0 Å². The van der Waals surface area contributed by atoms with Crippen LogP contribution in [0.25, 0.3) is 0 Å². The molecule has 0 atom stereocenters. The number of hydrogen-bond donors (Lipinski definition) is 2. The molecule has 0 heterocycles. The van der Waals surface area contributed by atoms with Crippen LogP contribution in [0, 0.1) is 3.57 Å². The number of anilines is 1. The molecule has 0 aromatic heterocycles. The molecular formula is C14H9Cl2IN2OS. The second-order valence-corrected chi connectivity index (χ2v) is 6.54. The highest BCUT2D eigenvalue weighted by atomic mass is 127. The summed E-state index contributed by atoms with van der Waals surface area (Å²) in [5.41, 5.74) is 1.07. The Hall–Kier alpha value is -0.890. The van der Waals surface area contributed by atoms with Crippen molar-refractivity contribution in [1.82, 2.24) is 5.32 Å². The SMILES string of the molecule is O=C(NC(=S)Nc1cc(Cl)ccc1Cl)c1cccc(I)c1. The summed E-state index contributed by atoms with van der Waals surface area (Å²) in [5, 5.41) is 6.58. The van der Waals surface area contributed by atoms with E-state index in [1.54, 1.807) is 36.4 Å². The van der Waals surface area contributed by atoms with Gasteiger partial charge in [0, 0.05) is 14.2 Å². The molecular weight excluding hydrogens is 442 g/mol. The molecule has 21 heavy (non-hydrogen) atoms. The third kappa shape index (κ3) is 4.81. The van der Waals surface area contributed by atoms with E-state index in [4.69, 9.17) is 35.4 Å². The van der Waals surface area contributed by atoms with Gasteiger partial charge in [0.25, 0.3) is 5.91 Å². The van der Waals surface area contributed by atoms with E-state index >= 15 is 0 Å². The summed E-state index contributed by atoms with van der Waals surface area (Å²) in [6.07, 6.45) is 0. The van der Waals surface area contributed by atoms with Gasteiger partial charge in [0.15, 0.2) is 5.11 Å². The number of benzene rings is 2. The van der Waals surface area contributed by atoms with Crippen LogP contribution in [0.15, 0.2) is 42.5 Å². The predicted octanol–water partition coefficient (Wildman–Crippen LogP) is 4.72. The molecule has 7 heteroatoms. The maximum Gasteiger partial charge on any atom is 0.257 e. The van der Waals surface area contributed by atoms with Crippen molar-refractivity contribution in [2.75, 3.05) is 5.32 Å². The van der Waals surface area contributed by atoms with Crippen molar-refractivity contribution in [2.45, 2.75) is 0 Å². The summed E-state index contributed by atoms with van der Waals surface area (Å²) in [6.45, 7) is 0. The molecule has 0 aliphatic rings. The van der Waals surface area contributed by atoms with Crippen LogP contribution in [0.4, 0.5) is 5.69 Å². The van der Waals surface area contributed by atoms with Crippen LogP contribution in [0.3, 0.4) is 0 Å². The van der Waals surface area contributed by atoms with Crippen LogP contribution in [0.5, 0.6) is 0 Å². The largest absolute Gasteiger partial charge is 0.331 e. The van der Waals surface area contributed by atoms with Gasteiger partial charge in [-0.05, 0) is 71.2 Å². The van der Waals surface area contributed by atoms with Gasteiger partial charge in [0.1, 0.15) is 0 Å². The summed E-state index contributed by atoms with van der Waals surface area (Å²) in [7, 11) is 0. The third-order valence-electron chi connectivity index (χ3n) is 2.49. The van der Waals surface area contributed by atoms with Crippen LogP contribution in [0.1, 0.15) is 10.4 Å². The third-order valence-corrected chi connectivity index (χ3v) is 3.93. The minimum Gasteiger partial charge on any atom is -0.331 e. The molecule has 0 aliphatic carbocycles. The summed E-state index contributed by atoms with van der Waals surface area (Å²) in [4.78, 5) is 12.0. The van der Waals surface area contributed by atoms with Gasteiger partial charge in [0.05, 0.1) is 10.7 Å². The smallest absolute Gasteiger partial charge is 0.257 e. The molecule has 0 saturated heterocycles. The van der Waals surface area contributed by atoms with E-state index in [9.17, 15) is 4.79 Å². The van der Waals surface area contributed by atoms with Gasteiger partial charge < -0.3 is 5.32 Å². The highest BCUT2D eigenvalue weighted by Crippen LogP contribution is 2.25. The standard InChI is InChI=1S/C14H9Cl2IN2OS/c15-9-4-5-11(16)12(7-9)18-14(21)19-13(20)8-2-1-3-10(17)6-8/h1-7H,(H2,18,19,20,21). The Morgan fingerprint density at radius 1 is 1.14 bits per heavy atom. The summed E-state index contributed by atoms with van der Waals surface area (Å²) in [5.74, 6) is -0.288. The normalized spacial score (nSPS) is 10.0. The Labute approximate surface area is 151 Å². The van der Waals surface area contributed by atoms with Gasteiger partial charge in [-0.15, -0.1) is 0 Å². The lowest BCUT2D eigenvalue weighted by Crippen LogP contribution is -2.34. The molecule has 0 fully saturated rings. The van der Waals surface area contributed by atoms with Crippen LogP contribution >= 0.6 is 58.0 Å². The quantitative estimate of drug-likeness (QED) is 0.513. The van der Waals surface area contributed by atoms with Gasteiger partial charge in [-0.25, -0.2) is 0 Å². The fourth-order valence-electron chi connectivity index (χ4n) is 1.55. The average molecular weight is 451 g/mol. The first kappa shape index (κ1) is 16.5. The molecule has 0 radical (unpaired) electrons. The number of rotatable bonds is 2. The first-order valence-corrected chi connectivity index (χ1v) is 8.03. The average Bonchev–Trinajstić information content (AvgIpc) is 2.42. The van der Waals surface area contributed by atoms with Crippen LogP contribution in [-0.2, 0) is 0 Å². The Morgan fingerprint density at radius 3 is 2.62 bits per heavy atom. The van der Waals surface area contributed by atoms with Gasteiger partial charge in [-0.3, -0.25) is 10.1 Å². The van der Waals surface area contributed by atoms with Crippen molar-refractivity contribution in [3.63, 3.8) is 0 Å². The Bertz CT molecular complexity index is 709. The number of hydrogen-bond acceptors (Lipinski definition) is 2. The van der Waals surface area contributed by atoms with Gasteiger partial charge in [0.2, 0.25) is 0 Å². The van der Waals surface area contributed by atoms with Crippen LogP contribution < -0.4 is 10.6 Å². The summed E-state index contributed by atoms with van der Waals surface area (Å²) in [6, 6.07) is 12.1. The molecule has 3 nitrogen and oxygen atoms in total. The van der Waals surface area contributed by atoms with E-state index in [0.29, 0.717) is 21.3 Å². The number of thiocarbonyl (C=S) groups is 1. The van der Waals surface area contributed by atoms with Crippen LogP contribution in [0.2, 0.25) is 10.0 Å². The van der Waals surface area contributed by atoms with Crippen molar-refractivity contribution in [3.8, 4) is 0 Å². The second kappa shape index (κ2) is 7.40. The molecule has 2 aromatic rings. The first-order valence-electron chi connectivity index (χ1n) is 5.78. The van der Waals surface area contributed by atoms with Crippen molar-refractivity contribution in [2.24, 2.45) is 0 Å². The predicted molar refractivity (Wildman–Crippen MR) is 99.3 cm³/mol. The monoisotopic (exact) mass is 450 g/mol. The lowest BCUT2D eigenvalue weighted by molar-refractivity contribution is 0.0977. The lowest BCUT2D eigenvalue weighted by Gasteiger charge is -2.11. The highest BCUT2D eigenvalue weighted by molar-refractivity contribution is 14.1. The molecule has 108 valence electrons. The zero-order chi connectivity index (χ0) is 15.4. The van der Waals surface area contributed by atoms with Gasteiger partial charge in [-0.2, -0.15) is 0 Å². The molecule has 0 saturated carbocycles. The number of carbonyl (C=O) groups is 1. The molecule has 0 unspecified atom stereocenters.